The van der Waals surface area contributed by atoms with Crippen LogP contribution in [0.1, 0.15) is 40.9 Å². The molecule has 2 atom stereocenters. The molecular weight excluding hydrogens is 524 g/mol. The van der Waals surface area contributed by atoms with Crippen LogP contribution in [0.2, 0.25) is 0 Å². The van der Waals surface area contributed by atoms with Crippen LogP contribution in [0.25, 0.3) is 16.7 Å². The number of aliphatic imine (C=N–C) groups is 2. The van der Waals surface area contributed by atoms with Crippen molar-refractivity contribution in [1.29, 1.82) is 0 Å². The van der Waals surface area contributed by atoms with E-state index in [9.17, 15) is 0 Å². The largest absolute Gasteiger partial charge is 0.358 e. The van der Waals surface area contributed by atoms with Crippen LogP contribution in [0.5, 0.6) is 0 Å². The van der Waals surface area contributed by atoms with E-state index in [1.165, 1.54) is 5.56 Å². The first-order chi connectivity index (χ1) is 21.2. The topological polar surface area (TPSA) is 56.3 Å². The van der Waals surface area contributed by atoms with E-state index in [4.69, 9.17) is 9.98 Å². The van der Waals surface area contributed by atoms with Gasteiger partial charge < -0.3 is 9.97 Å². The van der Waals surface area contributed by atoms with E-state index >= 15 is 0 Å². The fourth-order valence-corrected chi connectivity index (χ4v) is 6.43. The van der Waals surface area contributed by atoms with Crippen molar-refractivity contribution in [1.82, 2.24) is 9.97 Å². The highest BCUT2D eigenvalue weighted by Gasteiger charge is 2.29. The molecule has 0 spiro atoms. The third-order valence-corrected chi connectivity index (χ3v) is 8.57. The Morgan fingerprint density at radius 2 is 1.21 bits per heavy atom. The summed E-state index contributed by atoms with van der Waals surface area (Å²) in [6, 6.07) is 40.4. The van der Waals surface area contributed by atoms with Gasteiger partial charge in [-0.3, -0.25) is 4.99 Å². The van der Waals surface area contributed by atoms with E-state index in [0.29, 0.717) is 0 Å². The van der Waals surface area contributed by atoms with Crippen LogP contribution < -0.4 is 10.7 Å². The third-order valence-electron chi connectivity index (χ3n) is 8.57. The molecule has 0 aliphatic carbocycles. The maximum Gasteiger partial charge on any atom is 0.0814 e. The van der Waals surface area contributed by atoms with E-state index in [2.05, 4.69) is 156 Å². The zero-order valence-corrected chi connectivity index (χ0v) is 23.8. The fraction of sp³-hybridized carbons (Fsp3) is 0.0769. The Morgan fingerprint density at radius 3 is 1.88 bits per heavy atom. The average Bonchev–Trinajstić information content (AvgIpc) is 3.88. The second-order valence-corrected chi connectivity index (χ2v) is 11.2. The zero-order chi connectivity index (χ0) is 28.8. The van der Waals surface area contributed by atoms with E-state index < -0.39 is 0 Å². The van der Waals surface area contributed by atoms with Crippen LogP contribution in [0.15, 0.2) is 155 Å². The van der Waals surface area contributed by atoms with Crippen molar-refractivity contribution in [2.75, 3.05) is 0 Å². The molecule has 0 saturated heterocycles. The van der Waals surface area contributed by atoms with Gasteiger partial charge in [0, 0.05) is 33.2 Å². The summed E-state index contributed by atoms with van der Waals surface area (Å²) < 4.78 is 0. The highest BCUT2D eigenvalue weighted by molar-refractivity contribution is 6.31. The highest BCUT2D eigenvalue weighted by atomic mass is 14.9. The molecule has 4 nitrogen and oxygen atoms in total. The standard InChI is InChI=1S/C39H30N4/c1-25-29-17-19-31(40-29)37(26-11-5-2-6-12-26)33-21-23-35(42-33)39(28-15-9-4-10-16-28)36-24-22-34(43-36)38(27-13-7-3-8-14-27)32-20-18-30(25)41-32/h2-24,33,37,40,43H,1H3/b30-25-,38-34-,39-36-. The van der Waals surface area contributed by atoms with Crippen molar-refractivity contribution in [2.45, 2.75) is 18.9 Å². The molecule has 2 aromatic heterocycles. The van der Waals surface area contributed by atoms with Crippen molar-refractivity contribution in [3.63, 3.8) is 0 Å². The predicted molar refractivity (Wildman–Crippen MR) is 177 cm³/mol. The average molecular weight is 555 g/mol. The summed E-state index contributed by atoms with van der Waals surface area (Å²) in [7, 11) is 0. The number of benzene rings is 3. The van der Waals surface area contributed by atoms with E-state index in [1.807, 2.05) is 0 Å². The number of aromatic nitrogens is 2. The van der Waals surface area contributed by atoms with E-state index in [1.54, 1.807) is 0 Å². The molecule has 3 aromatic carbocycles. The first kappa shape index (κ1) is 25.2. The molecule has 3 aliphatic rings. The monoisotopic (exact) mass is 554 g/mol. The van der Waals surface area contributed by atoms with Crippen molar-refractivity contribution >= 4 is 28.1 Å². The third kappa shape index (κ3) is 4.48. The van der Waals surface area contributed by atoms with Crippen molar-refractivity contribution in [3.8, 4) is 0 Å². The van der Waals surface area contributed by atoms with Crippen LogP contribution in [-0.2, 0) is 0 Å². The highest BCUT2D eigenvalue weighted by Crippen LogP contribution is 2.35. The van der Waals surface area contributed by atoms with Crippen LogP contribution in [0.3, 0.4) is 0 Å². The van der Waals surface area contributed by atoms with Gasteiger partial charge in [0.25, 0.3) is 0 Å². The van der Waals surface area contributed by atoms with Gasteiger partial charge in [0.05, 0.1) is 29.1 Å². The molecule has 0 radical (unpaired) electrons. The Hall–Kier alpha value is -5.48. The number of fused-ring (bicyclic) bond motifs is 6. The number of hydrogen-bond donors (Lipinski definition) is 2. The number of rotatable bonds is 3. The van der Waals surface area contributed by atoms with E-state index in [0.717, 1.165) is 67.1 Å². The number of H-pyrrole nitrogens is 2. The number of nitrogens with one attached hydrogen (secondary N) is 2. The van der Waals surface area contributed by atoms with Gasteiger partial charge in [0.1, 0.15) is 0 Å². The Bertz CT molecular complexity index is 2120. The number of aromatic amines is 2. The molecule has 43 heavy (non-hydrogen) atoms. The van der Waals surface area contributed by atoms with Crippen molar-refractivity contribution in [2.24, 2.45) is 9.98 Å². The molecule has 2 N–H and O–H groups in total. The van der Waals surface area contributed by atoms with Crippen LogP contribution in [0.4, 0.5) is 0 Å². The predicted octanol–water partition coefficient (Wildman–Crippen LogP) is 6.71. The second-order valence-electron chi connectivity index (χ2n) is 11.2. The summed E-state index contributed by atoms with van der Waals surface area (Å²) in [5, 5.41) is 2.05. The Morgan fingerprint density at radius 1 is 0.581 bits per heavy atom. The summed E-state index contributed by atoms with van der Waals surface area (Å²) in [5.41, 5.74) is 11.8. The van der Waals surface area contributed by atoms with Gasteiger partial charge in [0.15, 0.2) is 0 Å². The normalized spacial score (nSPS) is 23.4. The minimum atomic E-state index is -0.0552. The molecule has 2 unspecified atom stereocenters. The SMILES string of the molecule is C/C1=C2\C=CC(=N2)/C(c2ccccc2)=c2/cc/c([nH]2)=C(\c2ccccc2)C2=NC(C=C2)C(c2ccccc2)c2ccc1[nH]2. The lowest BCUT2D eigenvalue weighted by molar-refractivity contribution is 0.695. The molecule has 0 fully saturated rings. The Kier molecular flexibility index (Phi) is 6.11. The lowest BCUT2D eigenvalue weighted by Crippen LogP contribution is -2.21. The Balaban J connectivity index is 1.45. The Labute approximate surface area is 250 Å². The minimum absolute atomic E-state index is 0.0434. The van der Waals surface area contributed by atoms with Gasteiger partial charge >= 0.3 is 0 Å². The van der Waals surface area contributed by atoms with Gasteiger partial charge in [0.2, 0.25) is 0 Å². The fourth-order valence-electron chi connectivity index (χ4n) is 6.43. The summed E-state index contributed by atoms with van der Waals surface area (Å²) in [4.78, 5) is 18.1. The summed E-state index contributed by atoms with van der Waals surface area (Å²) in [6.07, 6.45) is 8.70. The van der Waals surface area contributed by atoms with Crippen LogP contribution >= 0.6 is 0 Å². The maximum atomic E-state index is 5.41. The molecule has 0 saturated carbocycles. The van der Waals surface area contributed by atoms with Gasteiger partial charge in [-0.2, -0.15) is 0 Å². The maximum absolute atomic E-state index is 5.41. The lowest BCUT2D eigenvalue weighted by atomic mass is 9.89. The summed E-state index contributed by atoms with van der Waals surface area (Å²) >= 11 is 0. The van der Waals surface area contributed by atoms with Gasteiger partial charge in [-0.25, -0.2) is 4.99 Å². The van der Waals surface area contributed by atoms with Gasteiger partial charge in [-0.1, -0.05) is 97.1 Å². The molecule has 206 valence electrons. The number of hydrogen-bond acceptors (Lipinski definition) is 2. The molecule has 0 amide bonds. The quantitative estimate of drug-likeness (QED) is 0.249. The van der Waals surface area contributed by atoms with Gasteiger partial charge in [-0.15, -0.1) is 0 Å². The summed E-state index contributed by atoms with van der Waals surface area (Å²) in [5.74, 6) is 0.0434. The molecule has 3 aliphatic heterocycles. The number of nitrogens with zero attached hydrogens (tertiary/aromatic N) is 2. The first-order valence-corrected chi connectivity index (χ1v) is 14.8. The van der Waals surface area contributed by atoms with Crippen LogP contribution in [0, 0.1) is 0 Å². The van der Waals surface area contributed by atoms with E-state index in [-0.39, 0.29) is 12.0 Å². The smallest absolute Gasteiger partial charge is 0.0814 e. The molecular formula is C39H30N4. The summed E-state index contributed by atoms with van der Waals surface area (Å²) in [6.45, 7) is 2.14. The minimum Gasteiger partial charge on any atom is -0.358 e. The first-order valence-electron chi connectivity index (χ1n) is 14.8. The zero-order valence-electron chi connectivity index (χ0n) is 23.8. The molecule has 8 bridgehead atoms. The van der Waals surface area contributed by atoms with Crippen molar-refractivity contribution in [3.05, 3.63) is 184 Å². The molecule has 4 heteroatoms. The van der Waals surface area contributed by atoms with Crippen molar-refractivity contribution < 1.29 is 0 Å². The lowest BCUT2D eigenvalue weighted by Gasteiger charge is -2.20. The van der Waals surface area contributed by atoms with Crippen LogP contribution in [-0.4, -0.2) is 27.4 Å². The number of allylic oxidation sites excluding steroid dienone is 4. The second kappa shape index (κ2) is 10.4. The van der Waals surface area contributed by atoms with Gasteiger partial charge in [-0.05, 0) is 71.7 Å². The molecule has 5 heterocycles. The molecule has 5 aromatic rings. The molecule has 8 rings (SSSR count).